The first-order valence-corrected chi connectivity index (χ1v) is 10.6. The Bertz CT molecular complexity index is 1270. The number of halogens is 2. The van der Waals surface area contributed by atoms with Gasteiger partial charge in [0.2, 0.25) is 0 Å². The van der Waals surface area contributed by atoms with Crippen LogP contribution in [0, 0.1) is 18.6 Å². The summed E-state index contributed by atoms with van der Waals surface area (Å²) in [5.41, 5.74) is 2.82. The number of para-hydroxylation sites is 1. The van der Waals surface area contributed by atoms with E-state index in [4.69, 9.17) is 0 Å². The molecule has 0 bridgehead atoms. The van der Waals surface area contributed by atoms with Crippen molar-refractivity contribution in [1.29, 1.82) is 0 Å². The van der Waals surface area contributed by atoms with Crippen molar-refractivity contribution in [2.75, 3.05) is 4.72 Å². The Hall–Kier alpha value is -2.84. The van der Waals surface area contributed by atoms with Gasteiger partial charge in [0, 0.05) is 5.56 Å². The van der Waals surface area contributed by atoms with Crippen LogP contribution in [0.2, 0.25) is 0 Å². The van der Waals surface area contributed by atoms with Gasteiger partial charge in [0.1, 0.15) is 5.01 Å². The van der Waals surface area contributed by atoms with Crippen LogP contribution < -0.4 is 4.72 Å². The topological polar surface area (TPSA) is 59.1 Å². The molecule has 0 saturated heterocycles. The molecule has 0 fully saturated rings. The third-order valence-corrected chi connectivity index (χ3v) is 6.66. The Morgan fingerprint density at radius 3 is 2.46 bits per heavy atom. The van der Waals surface area contributed by atoms with Crippen LogP contribution in [0.3, 0.4) is 0 Å². The van der Waals surface area contributed by atoms with Crippen LogP contribution in [-0.2, 0) is 10.0 Å². The maximum atomic E-state index is 13.4. The van der Waals surface area contributed by atoms with E-state index in [-0.39, 0.29) is 4.90 Å². The Morgan fingerprint density at radius 1 is 0.964 bits per heavy atom. The van der Waals surface area contributed by atoms with Crippen molar-refractivity contribution >= 4 is 37.3 Å². The standard InChI is InChI=1S/C20H14F2N2O2S2/c1-12-10-13(20-23-18-4-2-3-5-19(18)27-20)6-9-17(12)24-28(25,26)14-7-8-15(21)16(22)11-14/h2-11,24H,1H3. The van der Waals surface area contributed by atoms with Crippen molar-refractivity contribution in [3.8, 4) is 10.6 Å². The summed E-state index contributed by atoms with van der Waals surface area (Å²) < 4.78 is 54.9. The minimum Gasteiger partial charge on any atom is -0.279 e. The molecule has 0 aliphatic rings. The number of sulfonamides is 1. The first kappa shape index (κ1) is 18.5. The fourth-order valence-electron chi connectivity index (χ4n) is 2.75. The van der Waals surface area contributed by atoms with Crippen molar-refractivity contribution in [3.05, 3.63) is 77.9 Å². The lowest BCUT2D eigenvalue weighted by Crippen LogP contribution is -2.14. The lowest BCUT2D eigenvalue weighted by molar-refractivity contribution is 0.504. The molecule has 0 amide bonds. The van der Waals surface area contributed by atoms with Crippen molar-refractivity contribution in [2.24, 2.45) is 0 Å². The quantitative estimate of drug-likeness (QED) is 0.488. The maximum absolute atomic E-state index is 13.4. The van der Waals surface area contributed by atoms with Gasteiger partial charge in [-0.3, -0.25) is 4.72 Å². The van der Waals surface area contributed by atoms with E-state index in [0.29, 0.717) is 17.3 Å². The van der Waals surface area contributed by atoms with Crippen molar-refractivity contribution in [1.82, 2.24) is 4.98 Å². The molecule has 1 N–H and O–H groups in total. The number of hydrogen-bond donors (Lipinski definition) is 1. The van der Waals surface area contributed by atoms with E-state index in [1.807, 2.05) is 30.3 Å². The minimum absolute atomic E-state index is 0.346. The molecule has 8 heteroatoms. The highest BCUT2D eigenvalue weighted by Crippen LogP contribution is 2.32. The minimum atomic E-state index is -4.04. The summed E-state index contributed by atoms with van der Waals surface area (Å²) >= 11 is 1.55. The monoisotopic (exact) mass is 416 g/mol. The highest BCUT2D eigenvalue weighted by molar-refractivity contribution is 7.92. The molecule has 1 aromatic heterocycles. The maximum Gasteiger partial charge on any atom is 0.262 e. The summed E-state index contributed by atoms with van der Waals surface area (Å²) in [5.74, 6) is -2.32. The molecule has 3 aromatic carbocycles. The summed E-state index contributed by atoms with van der Waals surface area (Å²) in [7, 11) is -4.04. The molecule has 0 aliphatic carbocycles. The number of benzene rings is 3. The number of thiazole rings is 1. The van der Waals surface area contributed by atoms with E-state index in [0.717, 1.165) is 32.9 Å². The number of hydrogen-bond acceptors (Lipinski definition) is 4. The smallest absolute Gasteiger partial charge is 0.262 e. The summed E-state index contributed by atoms with van der Waals surface area (Å²) in [5, 5.41) is 0.833. The van der Waals surface area contributed by atoms with Crippen molar-refractivity contribution < 1.29 is 17.2 Å². The third kappa shape index (κ3) is 3.48. The summed E-state index contributed by atoms with van der Waals surface area (Å²) in [6.07, 6.45) is 0. The van der Waals surface area contributed by atoms with Crippen LogP contribution in [0.15, 0.2) is 65.6 Å². The number of fused-ring (bicyclic) bond motifs is 1. The van der Waals surface area contributed by atoms with Gasteiger partial charge in [0.25, 0.3) is 10.0 Å². The number of aromatic nitrogens is 1. The van der Waals surface area contributed by atoms with Gasteiger partial charge in [0.15, 0.2) is 11.6 Å². The van der Waals surface area contributed by atoms with Gasteiger partial charge in [-0.15, -0.1) is 11.3 Å². The van der Waals surface area contributed by atoms with E-state index in [9.17, 15) is 17.2 Å². The zero-order chi connectivity index (χ0) is 19.9. The lowest BCUT2D eigenvalue weighted by atomic mass is 10.1. The molecule has 0 aliphatic heterocycles. The fraction of sp³-hybridized carbons (Fsp3) is 0.0500. The van der Waals surface area contributed by atoms with Gasteiger partial charge in [0.05, 0.1) is 20.8 Å². The Labute approximate surface area is 164 Å². The van der Waals surface area contributed by atoms with Crippen LogP contribution in [-0.4, -0.2) is 13.4 Å². The lowest BCUT2D eigenvalue weighted by Gasteiger charge is -2.11. The highest BCUT2D eigenvalue weighted by atomic mass is 32.2. The Morgan fingerprint density at radius 2 is 1.75 bits per heavy atom. The van der Waals surface area contributed by atoms with Crippen LogP contribution in [0.4, 0.5) is 14.5 Å². The normalized spacial score (nSPS) is 11.7. The molecule has 28 heavy (non-hydrogen) atoms. The van der Waals surface area contributed by atoms with Crippen molar-refractivity contribution in [3.63, 3.8) is 0 Å². The van der Waals surface area contributed by atoms with Crippen molar-refractivity contribution in [2.45, 2.75) is 11.8 Å². The average Bonchev–Trinajstić information content (AvgIpc) is 3.09. The molecule has 4 rings (SSSR count). The molecule has 0 radical (unpaired) electrons. The predicted molar refractivity (Wildman–Crippen MR) is 107 cm³/mol. The largest absolute Gasteiger partial charge is 0.279 e. The second kappa shape index (κ2) is 6.96. The van der Waals surface area contributed by atoms with Crippen LogP contribution >= 0.6 is 11.3 Å². The molecule has 0 unspecified atom stereocenters. The van der Waals surface area contributed by atoms with Crippen LogP contribution in [0.25, 0.3) is 20.8 Å². The first-order chi connectivity index (χ1) is 13.3. The second-order valence-electron chi connectivity index (χ2n) is 6.20. The molecule has 0 atom stereocenters. The summed E-state index contributed by atoms with van der Waals surface area (Å²) in [6.45, 7) is 1.76. The third-order valence-electron chi connectivity index (χ3n) is 4.21. The van der Waals surface area contributed by atoms with E-state index in [1.165, 1.54) is 0 Å². The molecule has 1 heterocycles. The Balaban J connectivity index is 1.65. The number of aryl methyl sites for hydroxylation is 1. The molecule has 0 saturated carbocycles. The van der Waals surface area contributed by atoms with Gasteiger partial charge >= 0.3 is 0 Å². The molecule has 4 nitrogen and oxygen atoms in total. The SMILES string of the molecule is Cc1cc(-c2nc3ccccc3s2)ccc1NS(=O)(=O)c1ccc(F)c(F)c1. The highest BCUT2D eigenvalue weighted by Gasteiger charge is 2.18. The number of nitrogens with one attached hydrogen (secondary N) is 1. The zero-order valence-electron chi connectivity index (χ0n) is 14.6. The van der Waals surface area contributed by atoms with E-state index in [2.05, 4.69) is 9.71 Å². The van der Waals surface area contributed by atoms with Gasteiger partial charge < -0.3 is 0 Å². The van der Waals surface area contributed by atoms with Gasteiger partial charge in [-0.2, -0.15) is 0 Å². The predicted octanol–water partition coefficient (Wildman–Crippen LogP) is 5.35. The summed E-state index contributed by atoms with van der Waals surface area (Å²) in [6, 6.07) is 15.5. The van der Waals surface area contributed by atoms with Gasteiger partial charge in [-0.05, 0) is 61.0 Å². The number of rotatable bonds is 4. The molecule has 0 spiro atoms. The van der Waals surface area contributed by atoms with Gasteiger partial charge in [-0.25, -0.2) is 22.2 Å². The zero-order valence-corrected chi connectivity index (χ0v) is 16.2. The number of anilines is 1. The molecule has 142 valence electrons. The molecular weight excluding hydrogens is 402 g/mol. The van der Waals surface area contributed by atoms with Crippen LogP contribution in [0.5, 0.6) is 0 Å². The molecule has 4 aromatic rings. The van der Waals surface area contributed by atoms with E-state index in [1.54, 1.807) is 30.4 Å². The average molecular weight is 416 g/mol. The van der Waals surface area contributed by atoms with Gasteiger partial charge in [-0.1, -0.05) is 12.1 Å². The Kier molecular flexibility index (Phi) is 4.60. The number of nitrogens with zero attached hydrogens (tertiary/aromatic N) is 1. The second-order valence-corrected chi connectivity index (χ2v) is 8.91. The first-order valence-electron chi connectivity index (χ1n) is 8.28. The van der Waals surface area contributed by atoms with Crippen LogP contribution in [0.1, 0.15) is 5.56 Å². The molecular formula is C20H14F2N2O2S2. The van der Waals surface area contributed by atoms with E-state index < -0.39 is 21.7 Å². The fourth-order valence-corrected chi connectivity index (χ4v) is 4.86. The van der Waals surface area contributed by atoms with E-state index >= 15 is 0 Å². The summed E-state index contributed by atoms with van der Waals surface area (Å²) in [4.78, 5) is 4.25.